The average molecular weight is 573 g/mol. The second-order valence-electron chi connectivity index (χ2n) is 8.50. The molecule has 2 aromatic heterocycles. The molecule has 0 spiro atoms. The van der Waals surface area contributed by atoms with E-state index in [0.717, 1.165) is 5.56 Å². The van der Waals surface area contributed by atoms with Crippen molar-refractivity contribution in [2.75, 3.05) is 32.1 Å². The summed E-state index contributed by atoms with van der Waals surface area (Å²) in [6.07, 6.45) is 2.65. The van der Waals surface area contributed by atoms with Gasteiger partial charge in [0, 0.05) is 6.20 Å². The number of hydrogen-bond donors (Lipinski definition) is 3. The molecule has 14 nitrogen and oxygen atoms in total. The minimum absolute atomic E-state index is 0.0278. The number of nitrogens with two attached hydrogens (primary N) is 1. The van der Waals surface area contributed by atoms with Crippen LogP contribution in [0.1, 0.15) is 28.4 Å². The number of fused-ring (bicyclic) bond motifs is 1. The maximum absolute atomic E-state index is 13.3. The molecule has 2 heterocycles. The number of methoxy groups -OCH3 is 2. The fraction of sp³-hybridized carbons (Fsp3) is 0.280. The van der Waals surface area contributed by atoms with Gasteiger partial charge in [-0.25, -0.2) is 13.2 Å². The molecular weight excluding hydrogens is 544 g/mol. The number of sulfonamides is 1. The van der Waals surface area contributed by atoms with Gasteiger partial charge in [-0.15, -0.1) is 0 Å². The first-order chi connectivity index (χ1) is 19.1. The molecule has 4 rings (SSSR count). The Hall–Kier alpha value is -4.79. The van der Waals surface area contributed by atoms with E-state index in [-0.39, 0.29) is 41.7 Å². The highest BCUT2D eigenvalue weighted by molar-refractivity contribution is 7.92. The molecule has 0 fully saturated rings. The predicted molar refractivity (Wildman–Crippen MR) is 143 cm³/mol. The summed E-state index contributed by atoms with van der Waals surface area (Å²) in [5, 5.41) is 11.1. The van der Waals surface area contributed by atoms with Gasteiger partial charge in [0.05, 0.1) is 39.1 Å². The van der Waals surface area contributed by atoms with Gasteiger partial charge < -0.3 is 29.8 Å². The van der Waals surface area contributed by atoms with Crippen molar-refractivity contribution >= 4 is 38.8 Å². The Morgan fingerprint density at radius 2 is 1.88 bits per heavy atom. The Morgan fingerprint density at radius 1 is 1.10 bits per heavy atom. The largest absolute Gasteiger partial charge is 0.496 e. The molecule has 0 atom stereocenters. The molecule has 0 aliphatic heterocycles. The van der Waals surface area contributed by atoms with Gasteiger partial charge in [0.2, 0.25) is 0 Å². The molecule has 2 amide bonds. The maximum atomic E-state index is 13.3. The summed E-state index contributed by atoms with van der Waals surface area (Å²) >= 11 is 0. The third-order valence-corrected chi connectivity index (χ3v) is 7.21. The highest BCUT2D eigenvalue weighted by atomic mass is 32.2. The van der Waals surface area contributed by atoms with Crippen molar-refractivity contribution in [3.63, 3.8) is 0 Å². The lowest BCUT2D eigenvalue weighted by Gasteiger charge is -2.12. The van der Waals surface area contributed by atoms with E-state index < -0.39 is 22.0 Å². The van der Waals surface area contributed by atoms with Gasteiger partial charge >= 0.3 is 6.09 Å². The number of benzene rings is 2. The van der Waals surface area contributed by atoms with Crippen molar-refractivity contribution in [1.82, 2.24) is 20.3 Å². The number of carbonyl (C=O) groups is 2. The molecule has 15 heteroatoms. The third kappa shape index (κ3) is 6.26. The van der Waals surface area contributed by atoms with Crippen LogP contribution in [0, 0.1) is 0 Å². The number of nitrogens with one attached hydrogen (secondary N) is 2. The fourth-order valence-electron chi connectivity index (χ4n) is 3.92. The molecule has 40 heavy (non-hydrogen) atoms. The van der Waals surface area contributed by atoms with Crippen LogP contribution in [0.2, 0.25) is 0 Å². The highest BCUT2D eigenvalue weighted by Gasteiger charge is 2.25. The van der Waals surface area contributed by atoms with E-state index in [1.807, 2.05) is 6.92 Å². The molecule has 4 N–H and O–H groups in total. The van der Waals surface area contributed by atoms with Crippen LogP contribution in [-0.2, 0) is 27.7 Å². The number of ether oxygens (including phenoxy) is 3. The number of nitrogens with zero attached hydrogens (tertiary/aromatic N) is 3. The van der Waals surface area contributed by atoms with E-state index in [1.165, 1.54) is 25.1 Å². The van der Waals surface area contributed by atoms with Crippen molar-refractivity contribution in [2.24, 2.45) is 5.73 Å². The summed E-state index contributed by atoms with van der Waals surface area (Å²) in [6.45, 7) is 2.20. The van der Waals surface area contributed by atoms with E-state index in [4.69, 9.17) is 19.7 Å². The van der Waals surface area contributed by atoms with Crippen LogP contribution in [0.15, 0.2) is 52.1 Å². The van der Waals surface area contributed by atoms with Crippen molar-refractivity contribution in [3.05, 3.63) is 59.4 Å². The average Bonchev–Trinajstić information content (AvgIpc) is 3.57. The predicted octanol–water partition coefficient (Wildman–Crippen LogP) is 2.28. The molecule has 4 aromatic rings. The molecule has 0 radical (unpaired) electrons. The summed E-state index contributed by atoms with van der Waals surface area (Å²) in [4.78, 5) is 22.9. The molecule has 0 aliphatic rings. The van der Waals surface area contributed by atoms with Gasteiger partial charge in [-0.1, -0.05) is 18.1 Å². The van der Waals surface area contributed by atoms with Crippen LogP contribution >= 0.6 is 0 Å². The van der Waals surface area contributed by atoms with Crippen LogP contribution in [0.5, 0.6) is 11.5 Å². The van der Waals surface area contributed by atoms with Crippen LogP contribution in [-0.4, -0.2) is 62.7 Å². The van der Waals surface area contributed by atoms with Crippen LogP contribution in [0.25, 0.3) is 11.0 Å². The fourth-order valence-corrected chi connectivity index (χ4v) is 5.14. The van der Waals surface area contributed by atoms with E-state index in [1.54, 1.807) is 36.5 Å². The number of aromatic nitrogens is 3. The van der Waals surface area contributed by atoms with Crippen LogP contribution in [0.3, 0.4) is 0 Å². The minimum atomic E-state index is -4.09. The molecule has 0 saturated carbocycles. The summed E-state index contributed by atoms with van der Waals surface area (Å²) in [7, 11) is -1.25. The molecule has 212 valence electrons. The van der Waals surface area contributed by atoms with Crippen molar-refractivity contribution in [3.8, 4) is 11.5 Å². The number of rotatable bonds is 12. The molecule has 0 unspecified atom stereocenters. The first kappa shape index (κ1) is 28.2. The molecular formula is C25H28N6O8S. The summed E-state index contributed by atoms with van der Waals surface area (Å²) in [6, 6.07) is 8.31. The second kappa shape index (κ2) is 11.9. The number of anilines is 1. The smallest absolute Gasteiger partial charge is 0.404 e. The zero-order chi connectivity index (χ0) is 28.9. The normalized spacial score (nSPS) is 11.3. The first-order valence-corrected chi connectivity index (χ1v) is 13.5. The molecule has 0 bridgehead atoms. The molecule has 2 aromatic carbocycles. The third-order valence-electron chi connectivity index (χ3n) is 5.85. The molecule has 0 saturated heterocycles. The minimum Gasteiger partial charge on any atom is -0.496 e. The van der Waals surface area contributed by atoms with E-state index in [9.17, 15) is 18.0 Å². The number of hydrogen-bond acceptors (Lipinski definition) is 10. The summed E-state index contributed by atoms with van der Waals surface area (Å²) in [5.41, 5.74) is 6.98. The van der Waals surface area contributed by atoms with Gasteiger partial charge in [-0.05, 0) is 41.8 Å². The Labute approximate surface area is 229 Å². The standard InChI is InChI=1S/C25H28N6O8S/c1-4-15-5-6-18(36-2)21(11-15)40(34,35)30-23-22-19(37-3)9-16(10-20(22)39-29-23)13-31-14-17(12-28-31)24(32)27-7-8-38-25(26)33/h5-6,9-12,14H,4,7-8,13H2,1-3H3,(H2,26,33)(H,27,32)(H,29,30). The van der Waals surface area contributed by atoms with Crippen molar-refractivity contribution < 1.29 is 36.7 Å². The maximum Gasteiger partial charge on any atom is 0.404 e. The lowest BCUT2D eigenvalue weighted by molar-refractivity contribution is 0.0936. The number of aryl methyl sites for hydroxylation is 1. The Bertz CT molecular complexity index is 1650. The lowest BCUT2D eigenvalue weighted by Crippen LogP contribution is -2.28. The van der Waals surface area contributed by atoms with Gasteiger partial charge in [-0.3, -0.25) is 14.2 Å². The summed E-state index contributed by atoms with van der Waals surface area (Å²) < 4.78 is 51.4. The van der Waals surface area contributed by atoms with Gasteiger partial charge in [-0.2, -0.15) is 5.10 Å². The van der Waals surface area contributed by atoms with E-state index >= 15 is 0 Å². The SMILES string of the molecule is CCc1ccc(OC)c(S(=O)(=O)Nc2noc3cc(Cn4cc(C(=O)NCCOC(N)=O)cn4)cc(OC)c23)c1. The van der Waals surface area contributed by atoms with Crippen molar-refractivity contribution in [2.45, 2.75) is 24.8 Å². The highest BCUT2D eigenvalue weighted by Crippen LogP contribution is 2.36. The van der Waals surface area contributed by atoms with E-state index in [0.29, 0.717) is 28.7 Å². The zero-order valence-corrected chi connectivity index (χ0v) is 22.8. The lowest BCUT2D eigenvalue weighted by atomic mass is 10.1. The monoisotopic (exact) mass is 572 g/mol. The Morgan fingerprint density at radius 3 is 2.58 bits per heavy atom. The Balaban J connectivity index is 1.54. The molecule has 0 aliphatic carbocycles. The van der Waals surface area contributed by atoms with Gasteiger partial charge in [0.1, 0.15) is 28.4 Å². The first-order valence-electron chi connectivity index (χ1n) is 12.0. The number of carbonyl (C=O) groups excluding carboxylic acids is 2. The summed E-state index contributed by atoms with van der Waals surface area (Å²) in [5.74, 6) is 0.0691. The zero-order valence-electron chi connectivity index (χ0n) is 22.0. The van der Waals surface area contributed by atoms with Gasteiger partial charge in [0.15, 0.2) is 11.4 Å². The number of amides is 2. The van der Waals surface area contributed by atoms with E-state index in [2.05, 4.69) is 25.0 Å². The van der Waals surface area contributed by atoms with Crippen molar-refractivity contribution in [1.29, 1.82) is 0 Å². The Kier molecular flexibility index (Phi) is 8.43. The second-order valence-corrected chi connectivity index (χ2v) is 10.1. The van der Waals surface area contributed by atoms with Crippen LogP contribution < -0.4 is 25.2 Å². The number of primary amides is 1. The van der Waals surface area contributed by atoms with Gasteiger partial charge in [0.25, 0.3) is 15.9 Å². The topological polar surface area (TPSA) is 190 Å². The van der Waals surface area contributed by atoms with Crippen LogP contribution in [0.4, 0.5) is 10.6 Å². The quantitative estimate of drug-likeness (QED) is 0.212.